The van der Waals surface area contributed by atoms with Crippen molar-refractivity contribution in [3.8, 4) is 5.75 Å². The van der Waals surface area contributed by atoms with Gasteiger partial charge >= 0.3 is 0 Å². The lowest BCUT2D eigenvalue weighted by Gasteiger charge is -2.27. The maximum Gasteiger partial charge on any atom is 0.143 e. The molecule has 2 nitrogen and oxygen atoms in total. The van der Waals surface area contributed by atoms with Gasteiger partial charge in [-0.25, -0.2) is 0 Å². The molecule has 1 heterocycles. The Hall–Kier alpha value is -1.67. The predicted molar refractivity (Wildman–Crippen MR) is 69.8 cm³/mol. The summed E-state index contributed by atoms with van der Waals surface area (Å²) in [5.74, 6) is 0.902. The molecule has 86 valence electrons. The minimum Gasteiger partial charge on any atom is -0.482 e. The zero-order valence-corrected chi connectivity index (χ0v) is 9.95. The summed E-state index contributed by atoms with van der Waals surface area (Å²) in [6.07, 6.45) is 0.0437. The summed E-state index contributed by atoms with van der Waals surface area (Å²) in [7, 11) is 0. The molecule has 0 aliphatic carbocycles. The first-order valence-electron chi connectivity index (χ1n) is 5.58. The van der Waals surface area contributed by atoms with Gasteiger partial charge in [0.2, 0.25) is 0 Å². The fourth-order valence-corrected chi connectivity index (χ4v) is 2.10. The van der Waals surface area contributed by atoms with Gasteiger partial charge in [0.15, 0.2) is 0 Å². The Balaban J connectivity index is 1.86. The van der Waals surface area contributed by atoms with Crippen LogP contribution in [0.1, 0.15) is 11.7 Å². The highest BCUT2D eigenvalue weighted by Crippen LogP contribution is 2.33. The van der Waals surface area contributed by atoms with Crippen LogP contribution in [0.4, 0.5) is 5.69 Å². The Bertz CT molecular complexity index is 524. The average molecular weight is 246 g/mol. The van der Waals surface area contributed by atoms with E-state index < -0.39 is 0 Å². The fourth-order valence-electron chi connectivity index (χ4n) is 1.98. The number of benzene rings is 2. The van der Waals surface area contributed by atoms with E-state index in [1.165, 1.54) is 0 Å². The number of fused-ring (bicyclic) bond motifs is 1. The van der Waals surface area contributed by atoms with Crippen LogP contribution in [0.3, 0.4) is 0 Å². The SMILES string of the molecule is Clc1ccc(C2CNc3ccccc3O2)cc1. The molecule has 2 aromatic rings. The van der Waals surface area contributed by atoms with Gasteiger partial charge in [-0.3, -0.25) is 0 Å². The molecule has 0 saturated heterocycles. The Labute approximate surface area is 105 Å². The molecule has 1 atom stereocenters. The van der Waals surface area contributed by atoms with Crippen molar-refractivity contribution < 1.29 is 4.74 Å². The van der Waals surface area contributed by atoms with Crippen molar-refractivity contribution >= 4 is 17.3 Å². The van der Waals surface area contributed by atoms with Crippen molar-refractivity contribution in [1.29, 1.82) is 0 Å². The Morgan fingerprint density at radius 1 is 1.06 bits per heavy atom. The van der Waals surface area contributed by atoms with Gasteiger partial charge in [-0.1, -0.05) is 35.9 Å². The first-order valence-corrected chi connectivity index (χ1v) is 5.96. The van der Waals surface area contributed by atoms with Crippen molar-refractivity contribution in [2.24, 2.45) is 0 Å². The number of hydrogen-bond acceptors (Lipinski definition) is 2. The maximum absolute atomic E-state index is 5.95. The molecule has 17 heavy (non-hydrogen) atoms. The standard InChI is InChI=1S/C14H12ClNO/c15-11-7-5-10(6-8-11)14-9-16-12-3-1-2-4-13(12)17-14/h1-8,14,16H,9H2. The molecule has 1 aliphatic heterocycles. The number of halogens is 1. The number of rotatable bonds is 1. The Morgan fingerprint density at radius 3 is 2.65 bits per heavy atom. The molecule has 0 amide bonds. The smallest absolute Gasteiger partial charge is 0.143 e. The Morgan fingerprint density at radius 2 is 1.82 bits per heavy atom. The molecule has 3 heteroatoms. The monoisotopic (exact) mass is 245 g/mol. The number of hydrogen-bond donors (Lipinski definition) is 1. The number of para-hydroxylation sites is 2. The maximum atomic E-state index is 5.95. The van der Waals surface area contributed by atoms with E-state index in [1.54, 1.807) is 0 Å². The first-order chi connectivity index (χ1) is 8.33. The van der Waals surface area contributed by atoms with E-state index in [0.717, 1.165) is 28.6 Å². The highest BCUT2D eigenvalue weighted by atomic mass is 35.5. The lowest BCUT2D eigenvalue weighted by molar-refractivity contribution is 0.210. The number of anilines is 1. The summed E-state index contributed by atoms with van der Waals surface area (Å²) >= 11 is 5.88. The predicted octanol–water partition coefficient (Wildman–Crippen LogP) is 3.89. The lowest BCUT2D eigenvalue weighted by atomic mass is 10.1. The van der Waals surface area contributed by atoms with Crippen LogP contribution in [0.5, 0.6) is 5.75 Å². The Kier molecular flexibility index (Phi) is 2.65. The third-order valence-corrected chi connectivity index (χ3v) is 3.13. The second-order valence-corrected chi connectivity index (χ2v) is 4.47. The molecule has 1 aliphatic rings. The summed E-state index contributed by atoms with van der Waals surface area (Å²) in [4.78, 5) is 0. The average Bonchev–Trinajstić information content (AvgIpc) is 2.39. The molecule has 0 spiro atoms. The highest BCUT2D eigenvalue weighted by molar-refractivity contribution is 6.30. The highest BCUT2D eigenvalue weighted by Gasteiger charge is 2.19. The number of ether oxygens (including phenoxy) is 1. The topological polar surface area (TPSA) is 21.3 Å². The molecule has 2 aromatic carbocycles. The van der Waals surface area contributed by atoms with Crippen molar-refractivity contribution in [2.75, 3.05) is 11.9 Å². The number of nitrogens with one attached hydrogen (secondary N) is 1. The van der Waals surface area contributed by atoms with Crippen molar-refractivity contribution in [2.45, 2.75) is 6.10 Å². The summed E-state index contributed by atoms with van der Waals surface area (Å²) in [5, 5.41) is 4.12. The third kappa shape index (κ3) is 2.08. The fraction of sp³-hybridized carbons (Fsp3) is 0.143. The van der Waals surface area contributed by atoms with Gasteiger partial charge in [0.25, 0.3) is 0 Å². The molecule has 0 radical (unpaired) electrons. The largest absolute Gasteiger partial charge is 0.482 e. The quantitative estimate of drug-likeness (QED) is 0.823. The molecular formula is C14H12ClNO. The van der Waals surface area contributed by atoms with Crippen LogP contribution in [0.2, 0.25) is 5.02 Å². The van der Waals surface area contributed by atoms with Crippen LogP contribution in [0, 0.1) is 0 Å². The zero-order valence-electron chi connectivity index (χ0n) is 9.19. The summed E-state index contributed by atoms with van der Waals surface area (Å²) in [6, 6.07) is 15.8. The molecule has 0 fully saturated rings. The molecule has 1 unspecified atom stereocenters. The van der Waals surface area contributed by atoms with Gasteiger partial charge < -0.3 is 10.1 Å². The second-order valence-electron chi connectivity index (χ2n) is 4.04. The minimum absolute atomic E-state index is 0.0437. The minimum atomic E-state index is 0.0437. The van der Waals surface area contributed by atoms with Crippen molar-refractivity contribution in [3.63, 3.8) is 0 Å². The first kappa shape index (κ1) is 10.5. The second kappa shape index (κ2) is 4.30. The van der Waals surface area contributed by atoms with Gasteiger partial charge in [0.1, 0.15) is 11.9 Å². The molecule has 1 N–H and O–H groups in total. The van der Waals surface area contributed by atoms with Crippen LogP contribution in [-0.2, 0) is 0 Å². The van der Waals surface area contributed by atoms with E-state index in [0.29, 0.717) is 0 Å². The van der Waals surface area contributed by atoms with E-state index in [1.807, 2.05) is 48.5 Å². The van der Waals surface area contributed by atoms with Gasteiger partial charge in [0, 0.05) is 5.02 Å². The summed E-state index contributed by atoms with van der Waals surface area (Å²) in [5.41, 5.74) is 2.19. The van der Waals surface area contributed by atoms with Crippen LogP contribution in [-0.4, -0.2) is 6.54 Å². The molecule has 0 bridgehead atoms. The van der Waals surface area contributed by atoms with E-state index in [4.69, 9.17) is 16.3 Å². The van der Waals surface area contributed by atoms with Crippen LogP contribution in [0.15, 0.2) is 48.5 Å². The normalized spacial score (nSPS) is 17.8. The molecule has 3 rings (SSSR count). The van der Waals surface area contributed by atoms with Crippen LogP contribution >= 0.6 is 11.6 Å². The molecular weight excluding hydrogens is 234 g/mol. The van der Waals surface area contributed by atoms with Gasteiger partial charge in [-0.15, -0.1) is 0 Å². The van der Waals surface area contributed by atoms with E-state index in [-0.39, 0.29) is 6.10 Å². The van der Waals surface area contributed by atoms with E-state index >= 15 is 0 Å². The van der Waals surface area contributed by atoms with E-state index in [9.17, 15) is 0 Å². The van der Waals surface area contributed by atoms with Crippen LogP contribution < -0.4 is 10.1 Å². The molecule has 0 saturated carbocycles. The van der Waals surface area contributed by atoms with Gasteiger partial charge in [0.05, 0.1) is 12.2 Å². The van der Waals surface area contributed by atoms with E-state index in [2.05, 4.69) is 5.32 Å². The van der Waals surface area contributed by atoms with Gasteiger partial charge in [-0.05, 0) is 29.8 Å². The summed E-state index contributed by atoms with van der Waals surface area (Å²) in [6.45, 7) is 0.776. The van der Waals surface area contributed by atoms with Crippen LogP contribution in [0.25, 0.3) is 0 Å². The van der Waals surface area contributed by atoms with Crippen molar-refractivity contribution in [3.05, 3.63) is 59.1 Å². The molecule has 0 aromatic heterocycles. The lowest BCUT2D eigenvalue weighted by Crippen LogP contribution is -2.23. The summed E-state index contributed by atoms with van der Waals surface area (Å²) < 4.78 is 5.95. The van der Waals surface area contributed by atoms with Crippen molar-refractivity contribution in [1.82, 2.24) is 0 Å². The van der Waals surface area contributed by atoms with Gasteiger partial charge in [-0.2, -0.15) is 0 Å². The zero-order chi connectivity index (χ0) is 11.7. The third-order valence-electron chi connectivity index (χ3n) is 2.88.